The van der Waals surface area contributed by atoms with Gasteiger partial charge in [0.1, 0.15) is 11.4 Å². The van der Waals surface area contributed by atoms with Crippen molar-refractivity contribution in [3.05, 3.63) is 29.8 Å². The zero-order valence-electron chi connectivity index (χ0n) is 15.8. The molecule has 2 aliphatic heterocycles. The second kappa shape index (κ2) is 7.56. The summed E-state index contributed by atoms with van der Waals surface area (Å²) in [7, 11) is 0. The zero-order valence-corrected chi connectivity index (χ0v) is 15.8. The van der Waals surface area contributed by atoms with Crippen molar-refractivity contribution >= 4 is 12.0 Å². The van der Waals surface area contributed by atoms with E-state index in [1.807, 2.05) is 49.9 Å². The van der Waals surface area contributed by atoms with Gasteiger partial charge in [0.15, 0.2) is 6.10 Å². The van der Waals surface area contributed by atoms with Gasteiger partial charge in [-0.25, -0.2) is 4.79 Å². The van der Waals surface area contributed by atoms with Crippen molar-refractivity contribution in [2.75, 3.05) is 19.6 Å². The molecule has 2 heterocycles. The van der Waals surface area contributed by atoms with Gasteiger partial charge in [-0.1, -0.05) is 18.2 Å². The highest BCUT2D eigenvalue weighted by Crippen LogP contribution is 2.29. The number of ether oxygens (including phenoxy) is 2. The van der Waals surface area contributed by atoms with Crippen molar-refractivity contribution in [3.63, 3.8) is 0 Å². The van der Waals surface area contributed by atoms with E-state index in [2.05, 4.69) is 5.32 Å². The Hall–Kier alpha value is -2.24. The van der Waals surface area contributed by atoms with Gasteiger partial charge in [0, 0.05) is 26.1 Å². The predicted molar refractivity (Wildman–Crippen MR) is 98.1 cm³/mol. The van der Waals surface area contributed by atoms with E-state index in [0.717, 1.165) is 24.2 Å². The molecule has 6 nitrogen and oxygen atoms in total. The number of rotatable bonds is 3. The van der Waals surface area contributed by atoms with E-state index in [-0.39, 0.29) is 12.0 Å². The lowest BCUT2D eigenvalue weighted by atomic mass is 9.96. The summed E-state index contributed by atoms with van der Waals surface area (Å²) < 4.78 is 11.1. The summed E-state index contributed by atoms with van der Waals surface area (Å²) in [6, 6.07) is 7.82. The zero-order chi connectivity index (χ0) is 18.7. The molecule has 1 aromatic carbocycles. The summed E-state index contributed by atoms with van der Waals surface area (Å²) in [6.07, 6.45) is 1.62. The number of piperidine rings is 1. The molecular formula is C20H28N2O4. The van der Waals surface area contributed by atoms with Crippen LogP contribution in [0, 0.1) is 5.92 Å². The van der Waals surface area contributed by atoms with Crippen LogP contribution < -0.4 is 10.1 Å². The first kappa shape index (κ1) is 18.5. The molecule has 2 amide bonds. The average Bonchev–Trinajstić information content (AvgIpc) is 3.02. The molecule has 0 radical (unpaired) electrons. The van der Waals surface area contributed by atoms with Gasteiger partial charge < -0.3 is 19.7 Å². The maximum absolute atomic E-state index is 12.7. The first-order valence-corrected chi connectivity index (χ1v) is 9.32. The van der Waals surface area contributed by atoms with Crippen molar-refractivity contribution in [1.82, 2.24) is 10.2 Å². The quantitative estimate of drug-likeness (QED) is 0.900. The lowest BCUT2D eigenvalue weighted by Crippen LogP contribution is -2.47. The Balaban J connectivity index is 1.41. The minimum Gasteiger partial charge on any atom is -0.480 e. The van der Waals surface area contributed by atoms with Gasteiger partial charge in [-0.3, -0.25) is 4.79 Å². The fourth-order valence-corrected chi connectivity index (χ4v) is 3.42. The van der Waals surface area contributed by atoms with Crippen LogP contribution in [0.2, 0.25) is 0 Å². The molecule has 0 aliphatic carbocycles. The van der Waals surface area contributed by atoms with Crippen LogP contribution in [0.25, 0.3) is 0 Å². The summed E-state index contributed by atoms with van der Waals surface area (Å²) >= 11 is 0. The molecule has 2 aliphatic rings. The van der Waals surface area contributed by atoms with Crippen LogP contribution >= 0.6 is 0 Å². The number of nitrogens with one attached hydrogen (secondary N) is 1. The third kappa shape index (κ3) is 4.68. The minimum absolute atomic E-state index is 0.0692. The second-order valence-corrected chi connectivity index (χ2v) is 8.07. The number of hydrogen-bond donors (Lipinski definition) is 1. The maximum Gasteiger partial charge on any atom is 0.407 e. The van der Waals surface area contributed by atoms with Crippen LogP contribution in [0.5, 0.6) is 5.75 Å². The lowest BCUT2D eigenvalue weighted by Gasteiger charge is -2.33. The Bertz CT molecular complexity index is 635. The number of carbonyl (C=O) groups excluding carboxylic acids is 2. The van der Waals surface area contributed by atoms with Crippen LogP contribution in [0.3, 0.4) is 0 Å². The molecule has 1 N–H and O–H groups in total. The fraction of sp³-hybridized carbons (Fsp3) is 0.600. The summed E-state index contributed by atoms with van der Waals surface area (Å²) in [4.78, 5) is 26.3. The van der Waals surface area contributed by atoms with Gasteiger partial charge in [0.2, 0.25) is 0 Å². The Morgan fingerprint density at radius 1 is 1.23 bits per heavy atom. The summed E-state index contributed by atoms with van der Waals surface area (Å²) in [5.41, 5.74) is 0.612. The van der Waals surface area contributed by atoms with Gasteiger partial charge in [-0.05, 0) is 51.2 Å². The molecule has 142 valence electrons. The average molecular weight is 360 g/mol. The highest BCUT2D eigenvalue weighted by atomic mass is 16.6. The van der Waals surface area contributed by atoms with Crippen LogP contribution in [-0.4, -0.2) is 48.2 Å². The third-order valence-electron chi connectivity index (χ3n) is 4.78. The molecule has 0 aromatic heterocycles. The molecule has 1 aromatic rings. The van der Waals surface area contributed by atoms with E-state index >= 15 is 0 Å². The number of benzene rings is 1. The fourth-order valence-electron chi connectivity index (χ4n) is 3.42. The molecule has 0 saturated carbocycles. The smallest absolute Gasteiger partial charge is 0.407 e. The van der Waals surface area contributed by atoms with Gasteiger partial charge in [0.25, 0.3) is 5.91 Å². The topological polar surface area (TPSA) is 67.9 Å². The number of carbonyl (C=O) groups is 2. The lowest BCUT2D eigenvalue weighted by molar-refractivity contribution is -0.139. The minimum atomic E-state index is -0.487. The molecule has 0 spiro atoms. The van der Waals surface area contributed by atoms with Crippen molar-refractivity contribution in [1.29, 1.82) is 0 Å². The van der Waals surface area contributed by atoms with E-state index < -0.39 is 11.7 Å². The number of hydrogen-bond acceptors (Lipinski definition) is 4. The number of likely N-dealkylation sites (tertiary alicyclic amines) is 1. The Morgan fingerprint density at radius 3 is 2.58 bits per heavy atom. The number of amides is 2. The molecule has 0 bridgehead atoms. The van der Waals surface area contributed by atoms with E-state index in [9.17, 15) is 9.59 Å². The third-order valence-corrected chi connectivity index (χ3v) is 4.78. The van der Waals surface area contributed by atoms with Crippen LogP contribution in [-0.2, 0) is 16.0 Å². The highest BCUT2D eigenvalue weighted by molar-refractivity contribution is 5.82. The number of para-hydroxylation sites is 1. The van der Waals surface area contributed by atoms with Crippen LogP contribution in [0.15, 0.2) is 24.3 Å². The van der Waals surface area contributed by atoms with E-state index in [4.69, 9.17) is 9.47 Å². The standard InChI is InChI=1S/C20H28N2O4/c1-20(2,3)26-19(24)21-13-14-8-10-22(11-9-14)18(23)17-12-15-6-4-5-7-16(15)25-17/h4-7,14,17H,8-13H2,1-3H3,(H,21,24)/t17-/m0/s1. The number of nitrogens with zero attached hydrogens (tertiary/aromatic N) is 1. The molecular weight excluding hydrogens is 332 g/mol. The predicted octanol–water partition coefficient (Wildman–Crippen LogP) is 2.75. The van der Waals surface area contributed by atoms with E-state index in [1.165, 1.54) is 0 Å². The number of alkyl carbamates (subject to hydrolysis) is 1. The molecule has 1 saturated heterocycles. The highest BCUT2D eigenvalue weighted by Gasteiger charge is 2.34. The van der Waals surface area contributed by atoms with E-state index in [1.54, 1.807) is 0 Å². The maximum atomic E-state index is 12.7. The van der Waals surface area contributed by atoms with Gasteiger partial charge in [0.05, 0.1) is 0 Å². The Labute approximate surface area is 154 Å². The molecule has 26 heavy (non-hydrogen) atoms. The molecule has 0 unspecified atom stereocenters. The first-order valence-electron chi connectivity index (χ1n) is 9.32. The van der Waals surface area contributed by atoms with Gasteiger partial charge >= 0.3 is 6.09 Å². The summed E-state index contributed by atoms with van der Waals surface area (Å²) in [6.45, 7) is 7.54. The monoisotopic (exact) mass is 360 g/mol. The van der Waals surface area contributed by atoms with Gasteiger partial charge in [-0.2, -0.15) is 0 Å². The first-order chi connectivity index (χ1) is 12.3. The Morgan fingerprint density at radius 2 is 1.92 bits per heavy atom. The molecule has 1 atom stereocenters. The van der Waals surface area contributed by atoms with Crippen molar-refractivity contribution < 1.29 is 19.1 Å². The molecule has 3 rings (SSSR count). The van der Waals surface area contributed by atoms with Crippen LogP contribution in [0.1, 0.15) is 39.2 Å². The summed E-state index contributed by atoms with van der Waals surface area (Å²) in [5.74, 6) is 1.26. The normalized spacial score (nSPS) is 20.3. The van der Waals surface area contributed by atoms with Crippen LogP contribution in [0.4, 0.5) is 4.79 Å². The largest absolute Gasteiger partial charge is 0.480 e. The number of fused-ring (bicyclic) bond motifs is 1. The van der Waals surface area contributed by atoms with Crippen molar-refractivity contribution in [3.8, 4) is 5.75 Å². The van der Waals surface area contributed by atoms with Gasteiger partial charge in [-0.15, -0.1) is 0 Å². The van der Waals surface area contributed by atoms with E-state index in [0.29, 0.717) is 32.0 Å². The molecule has 1 fully saturated rings. The molecule has 6 heteroatoms. The second-order valence-electron chi connectivity index (χ2n) is 8.07. The SMILES string of the molecule is CC(C)(C)OC(=O)NCC1CCN(C(=O)[C@@H]2Cc3ccccc3O2)CC1. The summed E-state index contributed by atoms with van der Waals surface area (Å²) in [5, 5.41) is 2.83. The Kier molecular flexibility index (Phi) is 5.39. The van der Waals surface area contributed by atoms with Crippen molar-refractivity contribution in [2.24, 2.45) is 5.92 Å². The van der Waals surface area contributed by atoms with Crippen molar-refractivity contribution in [2.45, 2.75) is 51.7 Å².